The molecule has 7 heteroatoms. The molecule has 1 unspecified atom stereocenters. The Kier molecular flexibility index (Phi) is 7.10. The Morgan fingerprint density at radius 3 is 2.22 bits per heavy atom. The third-order valence-corrected chi connectivity index (χ3v) is 6.35. The summed E-state index contributed by atoms with van der Waals surface area (Å²) in [6, 6.07) is 32.8. The van der Waals surface area contributed by atoms with Crippen LogP contribution in [0.2, 0.25) is 5.02 Å². The molecule has 1 heterocycles. The van der Waals surface area contributed by atoms with Crippen molar-refractivity contribution in [3.8, 4) is 11.5 Å². The Morgan fingerprint density at radius 1 is 0.865 bits per heavy atom. The first-order chi connectivity index (χ1) is 18.0. The molecule has 0 aliphatic carbocycles. The molecule has 0 saturated carbocycles. The maximum Gasteiger partial charge on any atom is 0.198 e. The lowest BCUT2D eigenvalue weighted by Gasteiger charge is -2.33. The van der Waals surface area contributed by atoms with Gasteiger partial charge in [0.1, 0.15) is 18.1 Å². The van der Waals surface area contributed by atoms with E-state index in [1.807, 2.05) is 113 Å². The van der Waals surface area contributed by atoms with E-state index in [9.17, 15) is 4.79 Å². The van der Waals surface area contributed by atoms with E-state index in [2.05, 4.69) is 0 Å². The van der Waals surface area contributed by atoms with E-state index in [1.165, 1.54) is 6.92 Å². The Bertz CT molecular complexity index is 1410. The molecular formula is C30H26ClN3O3. The number of methoxy groups -OCH3 is 1. The van der Waals surface area contributed by atoms with Crippen LogP contribution in [0.3, 0.4) is 0 Å². The molecule has 0 N–H and O–H groups in total. The number of hydrogen-bond acceptors (Lipinski definition) is 6. The van der Waals surface area contributed by atoms with E-state index in [1.54, 1.807) is 7.11 Å². The molecule has 4 aromatic carbocycles. The Balaban J connectivity index is 1.60. The van der Waals surface area contributed by atoms with Crippen LogP contribution in [-0.4, -0.2) is 18.7 Å². The molecule has 186 valence electrons. The van der Waals surface area contributed by atoms with E-state index < -0.39 is 6.17 Å². The van der Waals surface area contributed by atoms with Crippen molar-refractivity contribution in [2.24, 2.45) is 5.10 Å². The molecular weight excluding hydrogens is 486 g/mol. The maximum atomic E-state index is 12.9. The van der Waals surface area contributed by atoms with Gasteiger partial charge in [-0.1, -0.05) is 60.1 Å². The number of benzene rings is 4. The van der Waals surface area contributed by atoms with Crippen LogP contribution in [0.25, 0.3) is 0 Å². The van der Waals surface area contributed by atoms with E-state index in [-0.39, 0.29) is 5.78 Å². The second-order valence-corrected chi connectivity index (χ2v) is 8.99. The molecule has 0 radical (unpaired) electrons. The minimum absolute atomic E-state index is 0.140. The van der Waals surface area contributed by atoms with Crippen LogP contribution in [0.1, 0.15) is 24.2 Å². The van der Waals surface area contributed by atoms with Crippen molar-refractivity contribution in [1.29, 1.82) is 0 Å². The number of hydrazone groups is 1. The average Bonchev–Trinajstić information content (AvgIpc) is 3.34. The third kappa shape index (κ3) is 5.15. The smallest absolute Gasteiger partial charge is 0.198 e. The molecule has 0 amide bonds. The fourth-order valence-corrected chi connectivity index (χ4v) is 4.42. The number of anilines is 2. The Morgan fingerprint density at radius 2 is 1.54 bits per heavy atom. The van der Waals surface area contributed by atoms with Gasteiger partial charge in [-0.3, -0.25) is 9.69 Å². The Labute approximate surface area is 221 Å². The maximum absolute atomic E-state index is 12.9. The molecule has 6 nitrogen and oxygen atoms in total. The number of ketones is 1. The van der Waals surface area contributed by atoms with Gasteiger partial charge in [0, 0.05) is 23.2 Å². The van der Waals surface area contributed by atoms with Gasteiger partial charge < -0.3 is 9.47 Å². The van der Waals surface area contributed by atoms with Crippen LogP contribution in [0.5, 0.6) is 11.5 Å². The van der Waals surface area contributed by atoms with Gasteiger partial charge in [0.2, 0.25) is 0 Å². The van der Waals surface area contributed by atoms with E-state index >= 15 is 0 Å². The highest BCUT2D eigenvalue weighted by molar-refractivity contribution is 6.44. The molecule has 0 aromatic heterocycles. The van der Waals surface area contributed by atoms with Crippen molar-refractivity contribution in [2.45, 2.75) is 19.7 Å². The van der Waals surface area contributed by atoms with Gasteiger partial charge in [0.15, 0.2) is 17.8 Å². The number of rotatable bonds is 8. The summed E-state index contributed by atoms with van der Waals surface area (Å²) in [5.74, 6) is 1.62. The minimum atomic E-state index is -0.462. The van der Waals surface area contributed by atoms with Gasteiger partial charge >= 0.3 is 0 Å². The van der Waals surface area contributed by atoms with Crippen LogP contribution < -0.4 is 19.4 Å². The summed E-state index contributed by atoms with van der Waals surface area (Å²) < 4.78 is 11.7. The summed E-state index contributed by atoms with van der Waals surface area (Å²) in [6.07, 6.45) is -0.462. The summed E-state index contributed by atoms with van der Waals surface area (Å²) in [6.45, 7) is 1.90. The van der Waals surface area contributed by atoms with Crippen LogP contribution in [0, 0.1) is 0 Å². The molecule has 1 aliphatic heterocycles. The van der Waals surface area contributed by atoms with Gasteiger partial charge in [-0.15, -0.1) is 5.10 Å². The molecule has 0 fully saturated rings. The average molecular weight is 512 g/mol. The van der Waals surface area contributed by atoms with Crippen molar-refractivity contribution >= 4 is 34.6 Å². The number of nitrogens with zero attached hydrogens (tertiary/aromatic N) is 3. The number of carbonyl (C=O) groups excluding carboxylic acids is 1. The second kappa shape index (κ2) is 10.8. The quantitative estimate of drug-likeness (QED) is 0.259. The fraction of sp³-hybridized carbons (Fsp3) is 0.133. The number of halogens is 1. The SMILES string of the molecule is COc1ccc(N2C(C(C)=O)=NN(c3ccccc3)C2c2ccccc2OCc2ccc(Cl)cc2)cc1. The standard InChI is InChI=1S/C30H26ClN3O3/c1-21(35)29-32-34(25-8-4-3-5-9-25)30(33(29)24-16-18-26(36-2)19-17-24)27-10-6-7-11-28(27)37-20-22-12-14-23(31)15-13-22/h3-19,30H,20H2,1-2H3. The summed E-state index contributed by atoms with van der Waals surface area (Å²) >= 11 is 6.05. The minimum Gasteiger partial charge on any atom is -0.497 e. The molecule has 37 heavy (non-hydrogen) atoms. The van der Waals surface area contributed by atoms with Gasteiger partial charge in [0.05, 0.1) is 12.8 Å². The zero-order chi connectivity index (χ0) is 25.8. The topological polar surface area (TPSA) is 54.4 Å². The van der Waals surface area contributed by atoms with E-state index in [0.717, 1.165) is 28.3 Å². The molecule has 5 rings (SSSR count). The number of ether oxygens (including phenoxy) is 2. The van der Waals surface area contributed by atoms with Crippen molar-refractivity contribution in [3.63, 3.8) is 0 Å². The van der Waals surface area contributed by atoms with Gasteiger partial charge in [0.25, 0.3) is 0 Å². The number of amidine groups is 1. The first-order valence-electron chi connectivity index (χ1n) is 11.9. The third-order valence-electron chi connectivity index (χ3n) is 6.10. The normalized spacial score (nSPS) is 14.9. The highest BCUT2D eigenvalue weighted by Gasteiger charge is 2.40. The monoisotopic (exact) mass is 511 g/mol. The summed E-state index contributed by atoms with van der Waals surface area (Å²) in [7, 11) is 1.63. The lowest BCUT2D eigenvalue weighted by atomic mass is 10.1. The van der Waals surface area contributed by atoms with Gasteiger partial charge in [-0.2, -0.15) is 0 Å². The number of para-hydroxylation sites is 2. The highest BCUT2D eigenvalue weighted by atomic mass is 35.5. The van der Waals surface area contributed by atoms with Crippen molar-refractivity contribution in [1.82, 2.24) is 0 Å². The molecule has 0 spiro atoms. The zero-order valence-corrected chi connectivity index (χ0v) is 21.3. The molecule has 0 bridgehead atoms. The van der Waals surface area contributed by atoms with E-state index in [4.69, 9.17) is 26.2 Å². The Hall–Kier alpha value is -4.29. The summed E-state index contributed by atoms with van der Waals surface area (Å²) in [5, 5.41) is 7.35. The molecule has 1 atom stereocenters. The predicted octanol–water partition coefficient (Wildman–Crippen LogP) is 6.86. The van der Waals surface area contributed by atoms with Gasteiger partial charge in [-0.05, 0) is 60.2 Å². The molecule has 1 aliphatic rings. The van der Waals surface area contributed by atoms with Gasteiger partial charge in [-0.25, -0.2) is 5.01 Å². The lowest BCUT2D eigenvalue weighted by molar-refractivity contribution is -0.111. The highest BCUT2D eigenvalue weighted by Crippen LogP contribution is 2.42. The van der Waals surface area contributed by atoms with E-state index in [0.29, 0.717) is 23.2 Å². The summed E-state index contributed by atoms with van der Waals surface area (Å²) in [5.41, 5.74) is 3.54. The number of hydrogen-bond donors (Lipinski definition) is 0. The molecule has 0 saturated heterocycles. The largest absolute Gasteiger partial charge is 0.497 e. The first kappa shape index (κ1) is 24.4. The van der Waals surface area contributed by atoms with Crippen LogP contribution in [-0.2, 0) is 11.4 Å². The fourth-order valence-electron chi connectivity index (χ4n) is 4.29. The number of Topliss-reactive ketones (excluding diaryl/α,β-unsaturated/α-hetero) is 1. The lowest BCUT2D eigenvalue weighted by Crippen LogP contribution is -2.38. The zero-order valence-electron chi connectivity index (χ0n) is 20.5. The van der Waals surface area contributed by atoms with Crippen molar-refractivity contribution in [3.05, 3.63) is 119 Å². The van der Waals surface area contributed by atoms with Crippen LogP contribution >= 0.6 is 11.6 Å². The molecule has 4 aromatic rings. The van der Waals surface area contributed by atoms with Crippen molar-refractivity contribution in [2.75, 3.05) is 17.0 Å². The predicted molar refractivity (Wildman–Crippen MR) is 147 cm³/mol. The van der Waals surface area contributed by atoms with Crippen molar-refractivity contribution < 1.29 is 14.3 Å². The van der Waals surface area contributed by atoms with Crippen LogP contribution in [0.4, 0.5) is 11.4 Å². The summed E-state index contributed by atoms with van der Waals surface area (Å²) in [4.78, 5) is 14.8. The number of carbonyl (C=O) groups is 1. The first-order valence-corrected chi connectivity index (χ1v) is 12.3. The van der Waals surface area contributed by atoms with Crippen LogP contribution in [0.15, 0.2) is 108 Å². The second-order valence-electron chi connectivity index (χ2n) is 8.55.